The monoisotopic (exact) mass is 236 g/mol. The van der Waals surface area contributed by atoms with Crippen molar-refractivity contribution in [3.05, 3.63) is 6.20 Å². The summed E-state index contributed by atoms with van der Waals surface area (Å²) in [6, 6.07) is 0.584. The van der Waals surface area contributed by atoms with Crippen molar-refractivity contribution in [3.63, 3.8) is 0 Å². The van der Waals surface area contributed by atoms with Gasteiger partial charge in [0.05, 0.1) is 5.69 Å². The molecule has 1 fully saturated rings. The van der Waals surface area contributed by atoms with Crippen LogP contribution in [0.1, 0.15) is 39.5 Å². The fourth-order valence-corrected chi connectivity index (χ4v) is 2.71. The van der Waals surface area contributed by atoms with Crippen molar-refractivity contribution in [2.45, 2.75) is 45.6 Å². The van der Waals surface area contributed by atoms with Gasteiger partial charge in [0.1, 0.15) is 0 Å². The molecule has 0 aromatic carbocycles. The maximum absolute atomic E-state index is 5.98. The predicted octanol–water partition coefficient (Wildman–Crippen LogP) is 2.41. The zero-order valence-electron chi connectivity index (χ0n) is 11.4. The van der Waals surface area contributed by atoms with Gasteiger partial charge < -0.3 is 10.6 Å². The summed E-state index contributed by atoms with van der Waals surface area (Å²) in [5, 5.41) is 4.44. The molecule has 1 aliphatic rings. The third-order valence-electron chi connectivity index (χ3n) is 4.03. The van der Waals surface area contributed by atoms with Crippen LogP contribution in [0, 0.1) is 5.41 Å². The standard InChI is InChI=1S/C13H24N4/c1-13(2)7-5-10(6-8-13)17(4)12-11(14)9-16(3)15-12/h9-10H,5-8,14H2,1-4H3. The van der Waals surface area contributed by atoms with E-state index >= 15 is 0 Å². The first-order valence-electron chi connectivity index (χ1n) is 6.41. The maximum Gasteiger partial charge on any atom is 0.173 e. The highest BCUT2D eigenvalue weighted by atomic mass is 15.3. The van der Waals surface area contributed by atoms with Crippen LogP contribution in [0.15, 0.2) is 6.20 Å². The number of hydrogen-bond donors (Lipinski definition) is 1. The number of rotatable bonds is 2. The lowest BCUT2D eigenvalue weighted by Crippen LogP contribution is -2.37. The number of nitrogen functional groups attached to an aromatic ring is 1. The quantitative estimate of drug-likeness (QED) is 0.857. The highest BCUT2D eigenvalue weighted by Gasteiger charge is 2.30. The van der Waals surface area contributed by atoms with Crippen molar-refractivity contribution < 1.29 is 0 Å². The molecule has 96 valence electrons. The van der Waals surface area contributed by atoms with Crippen LogP contribution in [0.4, 0.5) is 11.5 Å². The number of anilines is 2. The Morgan fingerprint density at radius 1 is 1.41 bits per heavy atom. The molecular formula is C13H24N4. The minimum atomic E-state index is 0.507. The first kappa shape index (κ1) is 12.3. The van der Waals surface area contributed by atoms with Crippen molar-refractivity contribution in [2.24, 2.45) is 12.5 Å². The summed E-state index contributed by atoms with van der Waals surface area (Å²) in [6.07, 6.45) is 6.92. The summed E-state index contributed by atoms with van der Waals surface area (Å²) in [6.45, 7) is 4.72. The highest BCUT2D eigenvalue weighted by Crippen LogP contribution is 2.38. The second-order valence-corrected chi connectivity index (χ2v) is 6.09. The third kappa shape index (κ3) is 2.56. The second-order valence-electron chi connectivity index (χ2n) is 6.09. The van der Waals surface area contributed by atoms with Crippen LogP contribution < -0.4 is 10.6 Å². The summed E-state index contributed by atoms with van der Waals surface area (Å²) in [7, 11) is 4.03. The van der Waals surface area contributed by atoms with E-state index < -0.39 is 0 Å². The van der Waals surface area contributed by atoms with Crippen LogP contribution in [-0.2, 0) is 7.05 Å². The maximum atomic E-state index is 5.98. The van der Waals surface area contributed by atoms with Gasteiger partial charge in [-0.1, -0.05) is 13.8 Å². The molecule has 1 aromatic heterocycles. The van der Waals surface area contributed by atoms with Crippen LogP contribution in [0.5, 0.6) is 0 Å². The Morgan fingerprint density at radius 3 is 2.47 bits per heavy atom. The second kappa shape index (κ2) is 4.24. The van der Waals surface area contributed by atoms with E-state index in [2.05, 4.69) is 30.9 Å². The fourth-order valence-electron chi connectivity index (χ4n) is 2.71. The van der Waals surface area contributed by atoms with Gasteiger partial charge in [-0.2, -0.15) is 5.10 Å². The lowest BCUT2D eigenvalue weighted by Gasteiger charge is -2.38. The Morgan fingerprint density at radius 2 is 2.00 bits per heavy atom. The van der Waals surface area contributed by atoms with Gasteiger partial charge in [-0.05, 0) is 31.1 Å². The van der Waals surface area contributed by atoms with E-state index in [0.717, 1.165) is 11.5 Å². The summed E-state index contributed by atoms with van der Waals surface area (Å²) in [4.78, 5) is 2.25. The predicted molar refractivity (Wildman–Crippen MR) is 72.1 cm³/mol. The fraction of sp³-hybridized carbons (Fsp3) is 0.769. The topological polar surface area (TPSA) is 47.1 Å². The van der Waals surface area contributed by atoms with E-state index in [1.54, 1.807) is 4.68 Å². The molecule has 2 N–H and O–H groups in total. The lowest BCUT2D eigenvalue weighted by atomic mass is 9.75. The molecule has 1 saturated carbocycles. The first-order chi connectivity index (χ1) is 7.89. The number of aromatic nitrogens is 2. The Bertz CT molecular complexity index is 384. The molecule has 17 heavy (non-hydrogen) atoms. The molecule has 4 heteroatoms. The summed E-state index contributed by atoms with van der Waals surface area (Å²) < 4.78 is 1.79. The number of nitrogens with two attached hydrogens (primary N) is 1. The average molecular weight is 236 g/mol. The van der Waals surface area contributed by atoms with E-state index in [4.69, 9.17) is 5.73 Å². The van der Waals surface area contributed by atoms with Gasteiger partial charge in [0.25, 0.3) is 0 Å². The van der Waals surface area contributed by atoms with Gasteiger partial charge in [-0.3, -0.25) is 4.68 Å². The van der Waals surface area contributed by atoms with Crippen LogP contribution in [-0.4, -0.2) is 22.9 Å². The molecular weight excluding hydrogens is 212 g/mol. The van der Waals surface area contributed by atoms with E-state index in [1.165, 1.54) is 25.7 Å². The molecule has 0 amide bonds. The zero-order valence-corrected chi connectivity index (χ0v) is 11.4. The molecule has 0 radical (unpaired) electrons. The smallest absolute Gasteiger partial charge is 0.173 e. The van der Waals surface area contributed by atoms with Gasteiger partial charge in [0.2, 0.25) is 0 Å². The minimum Gasteiger partial charge on any atom is -0.394 e. The Labute approximate surface area is 104 Å². The number of hydrogen-bond acceptors (Lipinski definition) is 3. The third-order valence-corrected chi connectivity index (χ3v) is 4.03. The van der Waals surface area contributed by atoms with Crippen LogP contribution in [0.3, 0.4) is 0 Å². The van der Waals surface area contributed by atoms with Crippen LogP contribution in [0.25, 0.3) is 0 Å². The molecule has 1 aromatic rings. The van der Waals surface area contributed by atoms with Gasteiger partial charge in [0.15, 0.2) is 5.82 Å². The van der Waals surface area contributed by atoms with Crippen LogP contribution >= 0.6 is 0 Å². The minimum absolute atomic E-state index is 0.507. The zero-order chi connectivity index (χ0) is 12.6. The average Bonchev–Trinajstić information content (AvgIpc) is 2.57. The Kier molecular flexibility index (Phi) is 3.06. The first-order valence-corrected chi connectivity index (χ1v) is 6.41. The van der Waals surface area contributed by atoms with E-state index in [0.29, 0.717) is 11.5 Å². The molecule has 1 heterocycles. The Balaban J connectivity index is 2.06. The van der Waals surface area contributed by atoms with E-state index in [1.807, 2.05) is 13.2 Å². The molecule has 0 atom stereocenters. The number of nitrogens with zero attached hydrogens (tertiary/aromatic N) is 3. The van der Waals surface area contributed by atoms with Gasteiger partial charge in [-0.15, -0.1) is 0 Å². The Hall–Kier alpha value is -1.19. The molecule has 0 spiro atoms. The normalized spacial score (nSPS) is 20.5. The summed E-state index contributed by atoms with van der Waals surface area (Å²) in [5.41, 5.74) is 7.26. The van der Waals surface area contributed by atoms with Crippen molar-refractivity contribution in [2.75, 3.05) is 17.7 Å². The molecule has 0 aliphatic heterocycles. The van der Waals surface area contributed by atoms with Gasteiger partial charge in [-0.25, -0.2) is 0 Å². The summed E-state index contributed by atoms with van der Waals surface area (Å²) in [5.74, 6) is 0.928. The molecule has 1 aliphatic carbocycles. The van der Waals surface area contributed by atoms with E-state index in [9.17, 15) is 0 Å². The molecule has 2 rings (SSSR count). The highest BCUT2D eigenvalue weighted by molar-refractivity contribution is 5.61. The molecule has 0 bridgehead atoms. The van der Waals surface area contributed by atoms with Gasteiger partial charge in [0, 0.05) is 26.3 Å². The number of aryl methyl sites for hydroxylation is 1. The lowest BCUT2D eigenvalue weighted by molar-refractivity contribution is 0.222. The van der Waals surface area contributed by atoms with Crippen molar-refractivity contribution in [1.29, 1.82) is 0 Å². The van der Waals surface area contributed by atoms with Crippen LogP contribution in [0.2, 0.25) is 0 Å². The molecule has 0 saturated heterocycles. The van der Waals surface area contributed by atoms with Crippen molar-refractivity contribution in [1.82, 2.24) is 9.78 Å². The molecule has 0 unspecified atom stereocenters. The van der Waals surface area contributed by atoms with Crippen molar-refractivity contribution in [3.8, 4) is 0 Å². The SMILES string of the molecule is CN(c1nn(C)cc1N)C1CCC(C)(C)CC1. The molecule has 4 nitrogen and oxygen atoms in total. The van der Waals surface area contributed by atoms with Gasteiger partial charge >= 0.3 is 0 Å². The summed E-state index contributed by atoms with van der Waals surface area (Å²) >= 11 is 0. The largest absolute Gasteiger partial charge is 0.394 e. The van der Waals surface area contributed by atoms with E-state index in [-0.39, 0.29) is 0 Å². The van der Waals surface area contributed by atoms with Crippen molar-refractivity contribution >= 4 is 11.5 Å².